The second-order valence-electron chi connectivity index (χ2n) is 5.91. The minimum absolute atomic E-state index is 0.0265. The van der Waals surface area contributed by atoms with Gasteiger partial charge in [0.1, 0.15) is 0 Å². The number of halogens is 1. The first-order chi connectivity index (χ1) is 6.18. The van der Waals surface area contributed by atoms with Gasteiger partial charge >= 0.3 is 0 Å². The molecule has 14 heavy (non-hydrogen) atoms. The number of alkyl halides is 1. The van der Waals surface area contributed by atoms with Gasteiger partial charge in [-0.05, 0) is 47.0 Å². The molecule has 0 saturated carbocycles. The van der Waals surface area contributed by atoms with E-state index in [-0.39, 0.29) is 11.1 Å². The van der Waals surface area contributed by atoms with Crippen LogP contribution in [0.25, 0.3) is 0 Å². The van der Waals surface area contributed by atoms with Crippen molar-refractivity contribution in [2.75, 3.05) is 5.33 Å². The molecule has 0 aromatic heterocycles. The van der Waals surface area contributed by atoms with Crippen LogP contribution in [0.5, 0.6) is 0 Å². The lowest BCUT2D eigenvalue weighted by atomic mass is 9.72. The van der Waals surface area contributed by atoms with E-state index in [1.54, 1.807) is 0 Å². The second kappa shape index (κ2) is 3.76. The molecule has 0 spiro atoms. The van der Waals surface area contributed by atoms with Gasteiger partial charge in [0.15, 0.2) is 0 Å². The summed E-state index contributed by atoms with van der Waals surface area (Å²) in [6.45, 7) is 8.64. The highest BCUT2D eigenvalue weighted by molar-refractivity contribution is 9.09. The van der Waals surface area contributed by atoms with Gasteiger partial charge in [0.2, 0.25) is 0 Å². The van der Waals surface area contributed by atoms with Crippen molar-refractivity contribution in [2.24, 2.45) is 0 Å². The Morgan fingerprint density at radius 3 is 1.93 bits per heavy atom. The molecular formula is C11H22BrNO. The molecule has 0 aromatic carbocycles. The van der Waals surface area contributed by atoms with Crippen molar-refractivity contribution in [1.29, 1.82) is 0 Å². The third-order valence-corrected chi connectivity index (χ3v) is 3.18. The number of piperidine rings is 1. The lowest BCUT2D eigenvalue weighted by Crippen LogP contribution is -2.63. The molecule has 0 radical (unpaired) electrons. The van der Waals surface area contributed by atoms with Gasteiger partial charge in [0.25, 0.3) is 0 Å². The van der Waals surface area contributed by atoms with Crippen molar-refractivity contribution in [2.45, 2.75) is 63.6 Å². The number of aliphatic hydroxyl groups is 1. The summed E-state index contributed by atoms with van der Waals surface area (Å²) >= 11 is 3.41. The maximum atomic E-state index is 10.5. The fourth-order valence-corrected chi connectivity index (χ4v) is 3.80. The smallest absolute Gasteiger partial charge is 0.0690 e. The molecule has 0 aromatic rings. The standard InChI is InChI=1S/C11H22BrNO/c1-9(2)7-11(14,5-6-12)8-10(3,4)13-9/h13-14H,5-8H2,1-4H3. The van der Waals surface area contributed by atoms with E-state index in [4.69, 9.17) is 0 Å². The van der Waals surface area contributed by atoms with Crippen LogP contribution in [-0.4, -0.2) is 27.1 Å². The molecule has 1 saturated heterocycles. The molecule has 3 heteroatoms. The highest BCUT2D eigenvalue weighted by atomic mass is 79.9. The van der Waals surface area contributed by atoms with Gasteiger partial charge in [-0.3, -0.25) is 0 Å². The van der Waals surface area contributed by atoms with Gasteiger partial charge in [-0.1, -0.05) is 15.9 Å². The Hall–Kier alpha value is 0.400. The van der Waals surface area contributed by atoms with E-state index in [1.165, 1.54) is 0 Å². The molecule has 1 heterocycles. The maximum absolute atomic E-state index is 10.5. The summed E-state index contributed by atoms with van der Waals surface area (Å²) in [6.07, 6.45) is 2.49. The van der Waals surface area contributed by atoms with E-state index >= 15 is 0 Å². The van der Waals surface area contributed by atoms with Gasteiger partial charge in [-0.2, -0.15) is 0 Å². The highest BCUT2D eigenvalue weighted by Gasteiger charge is 2.45. The Morgan fingerprint density at radius 1 is 1.14 bits per heavy atom. The Labute approximate surface area is 95.6 Å². The Balaban J connectivity index is 2.80. The van der Waals surface area contributed by atoms with Crippen LogP contribution in [-0.2, 0) is 0 Å². The third kappa shape index (κ3) is 3.21. The summed E-state index contributed by atoms with van der Waals surface area (Å²) in [5.74, 6) is 0. The number of hydrogen-bond donors (Lipinski definition) is 2. The number of hydrogen-bond acceptors (Lipinski definition) is 2. The average Bonchev–Trinajstić information content (AvgIpc) is 1.75. The van der Waals surface area contributed by atoms with Crippen molar-refractivity contribution >= 4 is 15.9 Å². The maximum Gasteiger partial charge on any atom is 0.0690 e. The molecule has 2 N–H and O–H groups in total. The monoisotopic (exact) mass is 263 g/mol. The van der Waals surface area contributed by atoms with Crippen LogP contribution in [0.3, 0.4) is 0 Å². The molecule has 0 bridgehead atoms. The van der Waals surface area contributed by atoms with Crippen LogP contribution in [0.4, 0.5) is 0 Å². The first-order valence-corrected chi connectivity index (χ1v) is 6.38. The largest absolute Gasteiger partial charge is 0.390 e. The van der Waals surface area contributed by atoms with Gasteiger partial charge in [-0.15, -0.1) is 0 Å². The molecule has 1 aliphatic rings. The van der Waals surface area contributed by atoms with Crippen LogP contribution in [0.2, 0.25) is 0 Å². The molecule has 0 aliphatic carbocycles. The zero-order valence-corrected chi connectivity index (χ0v) is 11.2. The normalized spacial score (nSPS) is 28.7. The Bertz CT molecular complexity index is 197. The van der Waals surface area contributed by atoms with E-state index in [0.29, 0.717) is 0 Å². The zero-order chi connectivity index (χ0) is 11.0. The van der Waals surface area contributed by atoms with Crippen LogP contribution in [0.1, 0.15) is 47.0 Å². The van der Waals surface area contributed by atoms with Gasteiger partial charge in [0, 0.05) is 16.4 Å². The minimum atomic E-state index is -0.512. The third-order valence-electron chi connectivity index (χ3n) is 2.78. The highest BCUT2D eigenvalue weighted by Crippen LogP contribution is 2.38. The number of nitrogens with one attached hydrogen (secondary N) is 1. The SMILES string of the molecule is CC1(C)CC(O)(CCBr)CC(C)(C)N1. The lowest BCUT2D eigenvalue weighted by Gasteiger charge is -2.50. The minimum Gasteiger partial charge on any atom is -0.390 e. The van der Waals surface area contributed by atoms with E-state index in [2.05, 4.69) is 48.9 Å². The first kappa shape index (κ1) is 12.5. The van der Waals surface area contributed by atoms with E-state index < -0.39 is 5.60 Å². The van der Waals surface area contributed by atoms with E-state index in [9.17, 15) is 5.11 Å². The molecule has 0 atom stereocenters. The summed E-state index contributed by atoms with van der Waals surface area (Å²) in [7, 11) is 0. The molecule has 1 fully saturated rings. The van der Waals surface area contributed by atoms with Crippen molar-refractivity contribution in [3.05, 3.63) is 0 Å². The summed E-state index contributed by atoms with van der Waals surface area (Å²) in [4.78, 5) is 0. The Morgan fingerprint density at radius 2 is 1.57 bits per heavy atom. The van der Waals surface area contributed by atoms with Crippen LogP contribution in [0.15, 0.2) is 0 Å². The predicted octanol–water partition coefficient (Wildman–Crippen LogP) is 2.44. The van der Waals surface area contributed by atoms with Crippen LogP contribution >= 0.6 is 15.9 Å². The van der Waals surface area contributed by atoms with Gasteiger partial charge in [0.05, 0.1) is 5.60 Å². The van der Waals surface area contributed by atoms with Crippen molar-refractivity contribution in [1.82, 2.24) is 5.32 Å². The summed E-state index contributed by atoms with van der Waals surface area (Å²) in [5, 5.41) is 14.9. The zero-order valence-electron chi connectivity index (χ0n) is 9.65. The molecule has 0 unspecified atom stereocenters. The number of rotatable bonds is 2. The second-order valence-corrected chi connectivity index (χ2v) is 6.70. The Kier molecular flexibility index (Phi) is 3.35. The lowest BCUT2D eigenvalue weighted by molar-refractivity contribution is -0.0573. The van der Waals surface area contributed by atoms with Crippen LogP contribution < -0.4 is 5.32 Å². The van der Waals surface area contributed by atoms with Crippen LogP contribution in [0, 0.1) is 0 Å². The molecule has 2 nitrogen and oxygen atoms in total. The quantitative estimate of drug-likeness (QED) is 0.751. The molecule has 0 amide bonds. The summed E-state index contributed by atoms with van der Waals surface area (Å²) in [5.41, 5.74) is -0.459. The molecular weight excluding hydrogens is 242 g/mol. The van der Waals surface area contributed by atoms with Gasteiger partial charge < -0.3 is 10.4 Å². The van der Waals surface area contributed by atoms with Crippen molar-refractivity contribution in [3.8, 4) is 0 Å². The van der Waals surface area contributed by atoms with Crippen molar-refractivity contribution in [3.63, 3.8) is 0 Å². The average molecular weight is 264 g/mol. The van der Waals surface area contributed by atoms with E-state index in [1.807, 2.05) is 0 Å². The van der Waals surface area contributed by atoms with Gasteiger partial charge in [-0.25, -0.2) is 0 Å². The first-order valence-electron chi connectivity index (χ1n) is 5.26. The molecule has 1 aliphatic heterocycles. The van der Waals surface area contributed by atoms with E-state index in [0.717, 1.165) is 24.6 Å². The van der Waals surface area contributed by atoms with Crippen molar-refractivity contribution < 1.29 is 5.11 Å². The molecule has 1 rings (SSSR count). The summed E-state index contributed by atoms with van der Waals surface area (Å²) in [6, 6.07) is 0. The predicted molar refractivity (Wildman–Crippen MR) is 63.9 cm³/mol. The fourth-order valence-electron chi connectivity index (χ4n) is 3.06. The fraction of sp³-hybridized carbons (Fsp3) is 1.00. The summed E-state index contributed by atoms with van der Waals surface area (Å²) < 4.78 is 0. The molecule has 84 valence electrons. The topological polar surface area (TPSA) is 32.3 Å².